The SMILES string of the molecule is CC(C)(C)OC(=O)CCCNC(=O)OC(=O)N1CCN(C2c3ccc(Cl)cc3CCc3cccnc32)CC1. The molecule has 204 valence electrons. The van der Waals surface area contributed by atoms with E-state index in [1.165, 1.54) is 21.6 Å². The van der Waals surface area contributed by atoms with Gasteiger partial charge in [0.15, 0.2) is 0 Å². The van der Waals surface area contributed by atoms with Gasteiger partial charge in [-0.25, -0.2) is 9.59 Å². The number of ether oxygens (including phenoxy) is 2. The Balaban J connectivity index is 1.30. The van der Waals surface area contributed by atoms with Crippen LogP contribution in [0.4, 0.5) is 9.59 Å². The van der Waals surface area contributed by atoms with Crippen LogP contribution in [-0.2, 0) is 27.1 Å². The maximum Gasteiger partial charge on any atom is 0.418 e. The maximum atomic E-state index is 12.6. The molecule has 1 aromatic heterocycles. The van der Waals surface area contributed by atoms with Crippen molar-refractivity contribution in [2.24, 2.45) is 0 Å². The number of hydrogen-bond donors (Lipinski definition) is 1. The lowest BCUT2D eigenvalue weighted by molar-refractivity contribution is -0.154. The fourth-order valence-corrected chi connectivity index (χ4v) is 5.11. The van der Waals surface area contributed by atoms with Crippen LogP contribution in [0.15, 0.2) is 36.5 Å². The minimum Gasteiger partial charge on any atom is -0.460 e. The number of hydrogen-bond acceptors (Lipinski definition) is 7. The van der Waals surface area contributed by atoms with Gasteiger partial charge in [-0.2, -0.15) is 0 Å². The van der Waals surface area contributed by atoms with Crippen molar-refractivity contribution in [3.8, 4) is 0 Å². The van der Waals surface area contributed by atoms with E-state index in [4.69, 9.17) is 26.1 Å². The Morgan fingerprint density at radius 3 is 2.55 bits per heavy atom. The van der Waals surface area contributed by atoms with E-state index in [0.29, 0.717) is 32.6 Å². The summed E-state index contributed by atoms with van der Waals surface area (Å²) in [6, 6.07) is 10.1. The molecular formula is C28H35ClN4O5. The van der Waals surface area contributed by atoms with Crippen molar-refractivity contribution in [1.82, 2.24) is 20.1 Å². The zero-order valence-corrected chi connectivity index (χ0v) is 22.9. The van der Waals surface area contributed by atoms with E-state index in [1.54, 1.807) is 20.8 Å². The summed E-state index contributed by atoms with van der Waals surface area (Å²) in [5.74, 6) is -0.334. The summed E-state index contributed by atoms with van der Waals surface area (Å²) in [5.41, 5.74) is 4.11. The number of rotatable bonds is 5. The second kappa shape index (κ2) is 12.1. The van der Waals surface area contributed by atoms with Crippen LogP contribution in [0.25, 0.3) is 0 Å². The molecule has 1 aliphatic heterocycles. The smallest absolute Gasteiger partial charge is 0.418 e. The number of piperazine rings is 1. The molecular weight excluding hydrogens is 508 g/mol. The summed E-state index contributed by atoms with van der Waals surface area (Å²) >= 11 is 6.31. The molecule has 1 atom stereocenters. The van der Waals surface area contributed by atoms with Gasteiger partial charge in [0.05, 0.1) is 11.7 Å². The Labute approximate surface area is 228 Å². The van der Waals surface area contributed by atoms with E-state index in [0.717, 1.165) is 23.6 Å². The molecule has 0 bridgehead atoms. The van der Waals surface area contributed by atoms with Crippen molar-refractivity contribution >= 4 is 29.8 Å². The van der Waals surface area contributed by atoms with Crippen LogP contribution in [0.3, 0.4) is 0 Å². The number of fused-ring (bicyclic) bond motifs is 2. The van der Waals surface area contributed by atoms with Gasteiger partial charge in [0, 0.05) is 50.4 Å². The van der Waals surface area contributed by atoms with E-state index in [2.05, 4.69) is 22.3 Å². The number of alkyl carbamates (subject to hydrolysis) is 1. The minimum atomic E-state index is -0.825. The first-order valence-electron chi connectivity index (χ1n) is 13.0. The third-order valence-corrected chi connectivity index (χ3v) is 6.85. The molecule has 0 spiro atoms. The van der Waals surface area contributed by atoms with Gasteiger partial charge in [0.2, 0.25) is 0 Å². The third-order valence-electron chi connectivity index (χ3n) is 6.61. The molecule has 0 radical (unpaired) electrons. The average molecular weight is 543 g/mol. The number of aromatic nitrogens is 1. The molecule has 1 aromatic carbocycles. The third kappa shape index (κ3) is 7.23. The molecule has 2 aliphatic rings. The molecule has 38 heavy (non-hydrogen) atoms. The Hall–Kier alpha value is -3.17. The predicted octanol–water partition coefficient (Wildman–Crippen LogP) is 4.51. The number of carbonyl (C=O) groups is 3. The van der Waals surface area contributed by atoms with Crippen molar-refractivity contribution < 1.29 is 23.9 Å². The van der Waals surface area contributed by atoms with Gasteiger partial charge in [0.25, 0.3) is 0 Å². The Morgan fingerprint density at radius 2 is 1.82 bits per heavy atom. The predicted molar refractivity (Wildman–Crippen MR) is 143 cm³/mol. The van der Waals surface area contributed by atoms with Crippen LogP contribution >= 0.6 is 11.6 Å². The standard InChI is InChI=1S/C28H35ClN4O5/c1-28(2,3)38-23(34)7-5-13-31-26(35)37-27(36)33-16-14-32(15-17-33)25-22-11-10-21(29)18-20(22)9-8-19-6-4-12-30-24(19)25/h4,6,10-12,18,25H,5,7-9,13-17H2,1-3H3,(H,31,35). The van der Waals surface area contributed by atoms with Gasteiger partial charge in [-0.1, -0.05) is 23.7 Å². The number of nitrogens with zero attached hydrogens (tertiary/aromatic N) is 3. The molecule has 9 nitrogen and oxygen atoms in total. The number of halogens is 1. The molecule has 1 fully saturated rings. The lowest BCUT2D eigenvalue weighted by Gasteiger charge is -2.39. The highest BCUT2D eigenvalue weighted by molar-refractivity contribution is 6.30. The fourth-order valence-electron chi connectivity index (χ4n) is 4.91. The van der Waals surface area contributed by atoms with Crippen LogP contribution in [0.1, 0.15) is 62.0 Å². The second-order valence-corrected chi connectivity index (χ2v) is 11.0. The van der Waals surface area contributed by atoms with Crippen LogP contribution in [0.5, 0.6) is 0 Å². The van der Waals surface area contributed by atoms with Gasteiger partial charge < -0.3 is 19.7 Å². The van der Waals surface area contributed by atoms with Crippen molar-refractivity contribution in [3.63, 3.8) is 0 Å². The van der Waals surface area contributed by atoms with E-state index in [-0.39, 0.29) is 25.0 Å². The minimum absolute atomic E-state index is 0.0348. The van der Waals surface area contributed by atoms with Crippen LogP contribution in [0.2, 0.25) is 5.02 Å². The van der Waals surface area contributed by atoms with E-state index in [9.17, 15) is 14.4 Å². The summed E-state index contributed by atoms with van der Waals surface area (Å²) in [6.07, 6.45) is 2.67. The molecule has 1 saturated heterocycles. The normalized spacial score (nSPS) is 17.6. The van der Waals surface area contributed by atoms with Crippen molar-refractivity contribution in [2.75, 3.05) is 32.7 Å². The van der Waals surface area contributed by atoms with Gasteiger partial charge in [-0.15, -0.1) is 0 Å². The highest BCUT2D eigenvalue weighted by Gasteiger charge is 2.33. The van der Waals surface area contributed by atoms with Gasteiger partial charge in [0.1, 0.15) is 5.60 Å². The molecule has 1 aliphatic carbocycles. The molecule has 10 heteroatoms. The number of esters is 1. The Morgan fingerprint density at radius 1 is 1.08 bits per heavy atom. The molecule has 2 heterocycles. The first kappa shape index (κ1) is 27.9. The Bertz CT molecular complexity index is 1170. The van der Waals surface area contributed by atoms with Crippen LogP contribution < -0.4 is 5.32 Å². The van der Waals surface area contributed by atoms with E-state index in [1.807, 2.05) is 24.4 Å². The van der Waals surface area contributed by atoms with Crippen molar-refractivity contribution in [2.45, 2.75) is 58.1 Å². The fraction of sp³-hybridized carbons (Fsp3) is 0.500. The van der Waals surface area contributed by atoms with E-state index < -0.39 is 17.8 Å². The highest BCUT2D eigenvalue weighted by Crippen LogP contribution is 2.37. The molecule has 2 aromatic rings. The number of carbonyl (C=O) groups excluding carboxylic acids is 3. The van der Waals surface area contributed by atoms with Crippen LogP contribution in [0, 0.1) is 0 Å². The molecule has 1 N–H and O–H groups in total. The van der Waals surface area contributed by atoms with Crippen molar-refractivity contribution in [3.05, 3.63) is 63.9 Å². The lowest BCUT2D eigenvalue weighted by Crippen LogP contribution is -2.51. The first-order valence-corrected chi connectivity index (χ1v) is 13.4. The molecule has 4 rings (SSSR count). The molecule has 0 saturated carbocycles. The topological polar surface area (TPSA) is 101 Å². The van der Waals surface area contributed by atoms with Gasteiger partial charge >= 0.3 is 18.2 Å². The summed E-state index contributed by atoms with van der Waals surface area (Å²) in [4.78, 5) is 45.1. The summed E-state index contributed by atoms with van der Waals surface area (Å²) < 4.78 is 10.2. The number of nitrogens with one attached hydrogen (secondary N) is 1. The summed E-state index contributed by atoms with van der Waals surface area (Å²) in [6.45, 7) is 7.66. The van der Waals surface area contributed by atoms with Gasteiger partial charge in [-0.05, 0) is 74.9 Å². The Kier molecular flexibility index (Phi) is 8.89. The summed E-state index contributed by atoms with van der Waals surface area (Å²) in [7, 11) is 0. The zero-order valence-electron chi connectivity index (χ0n) is 22.2. The van der Waals surface area contributed by atoms with Crippen molar-refractivity contribution in [1.29, 1.82) is 0 Å². The molecule has 2 amide bonds. The number of amides is 2. The monoisotopic (exact) mass is 542 g/mol. The second-order valence-electron chi connectivity index (χ2n) is 10.6. The average Bonchev–Trinajstić information content (AvgIpc) is 3.02. The lowest BCUT2D eigenvalue weighted by atomic mass is 9.96. The highest BCUT2D eigenvalue weighted by atomic mass is 35.5. The van der Waals surface area contributed by atoms with E-state index >= 15 is 0 Å². The largest absolute Gasteiger partial charge is 0.460 e. The zero-order chi connectivity index (χ0) is 27.3. The quantitative estimate of drug-likeness (QED) is 0.337. The van der Waals surface area contributed by atoms with Gasteiger partial charge in [-0.3, -0.25) is 14.7 Å². The first-order chi connectivity index (χ1) is 18.1. The summed E-state index contributed by atoms with van der Waals surface area (Å²) in [5, 5.41) is 3.24. The van der Waals surface area contributed by atoms with Crippen LogP contribution in [-0.4, -0.2) is 71.3 Å². The molecule has 1 unspecified atom stereocenters. The number of pyridine rings is 1. The number of benzene rings is 1. The maximum absolute atomic E-state index is 12.6. The number of aryl methyl sites for hydroxylation is 2.